The second kappa shape index (κ2) is 17.0. The predicted octanol–water partition coefficient (Wildman–Crippen LogP) is -2.48. The predicted molar refractivity (Wildman–Crippen MR) is 116 cm³/mol. The summed E-state index contributed by atoms with van der Waals surface area (Å²) in [5, 5.41) is 42.4. The van der Waals surface area contributed by atoms with Crippen LogP contribution in [0.25, 0.3) is 0 Å². The summed E-state index contributed by atoms with van der Waals surface area (Å²) in [5.41, 5.74) is -2.10. The molecule has 0 spiro atoms. The zero-order valence-corrected chi connectivity index (χ0v) is 23.1. The van der Waals surface area contributed by atoms with E-state index in [1.54, 1.807) is 0 Å². The number of rotatable bonds is 12. The first-order valence-electron chi connectivity index (χ1n) is 9.15. The van der Waals surface area contributed by atoms with Gasteiger partial charge in [0.15, 0.2) is 0 Å². The molecule has 0 aliphatic rings. The molecule has 0 aromatic rings. The Labute approximate surface area is 247 Å². The van der Waals surface area contributed by atoms with Gasteiger partial charge in [0.25, 0.3) is 0 Å². The Morgan fingerprint density at radius 3 is 1.32 bits per heavy atom. The summed E-state index contributed by atoms with van der Waals surface area (Å²) in [6, 6.07) is 0. The number of amides is 2. The largest absolute Gasteiger partial charge is 2.00 e. The van der Waals surface area contributed by atoms with Crippen LogP contribution < -0.4 is 10.6 Å². The van der Waals surface area contributed by atoms with E-state index in [-0.39, 0.29) is 107 Å². The summed E-state index contributed by atoms with van der Waals surface area (Å²) in [4.78, 5) is 46.6. The average Bonchev–Trinajstić information content (AvgIpc) is 2.66. The fourth-order valence-electron chi connectivity index (χ4n) is 1.88. The van der Waals surface area contributed by atoms with Gasteiger partial charge in [-0.2, -0.15) is 0 Å². The number of hydrogen-bond acceptors (Lipinski definition) is 9. The standard InChI is InChI=1S/C18H32N2O9.2Ca.4H/c1-17(2,9-21)13(25)15(27)19-7-5-11(23)29-12(24)6-8-20-16(28)14(26)18(3,4)10-22;;;;;;/h13-14,21-22,25-26H,5-10H2,1-4H3,(H,19,27)(H,20,28);;;;;;/q;2*+2;4*-1/t13-,14-;;;;;;/m0....../s1. The van der Waals surface area contributed by atoms with Gasteiger partial charge in [-0.3, -0.25) is 19.2 Å². The Kier molecular flexibility index (Phi) is 19.7. The Bertz CT molecular complexity index is 569. The average molecular weight is 505 g/mol. The van der Waals surface area contributed by atoms with E-state index in [0.29, 0.717) is 0 Å². The molecule has 0 aliphatic heterocycles. The summed E-state index contributed by atoms with van der Waals surface area (Å²) in [5.74, 6) is -3.34. The van der Waals surface area contributed by atoms with Crippen molar-refractivity contribution in [3.8, 4) is 0 Å². The molecule has 0 saturated heterocycles. The molecule has 176 valence electrons. The summed E-state index contributed by atoms with van der Waals surface area (Å²) in [6.07, 6.45) is -3.58. The second-order valence-electron chi connectivity index (χ2n) is 8.03. The van der Waals surface area contributed by atoms with Gasteiger partial charge < -0.3 is 41.5 Å². The van der Waals surface area contributed by atoms with E-state index < -0.39 is 60.0 Å². The zero-order chi connectivity index (χ0) is 22.8. The fourth-order valence-corrected chi connectivity index (χ4v) is 1.88. The van der Waals surface area contributed by atoms with Crippen LogP contribution in [0.4, 0.5) is 0 Å². The molecule has 0 aliphatic carbocycles. The van der Waals surface area contributed by atoms with E-state index >= 15 is 0 Å². The molecule has 0 aromatic heterocycles. The van der Waals surface area contributed by atoms with Crippen molar-refractivity contribution < 1.29 is 50.0 Å². The van der Waals surface area contributed by atoms with Crippen molar-refractivity contribution in [2.45, 2.75) is 52.7 Å². The molecule has 0 fully saturated rings. The van der Waals surface area contributed by atoms with Crippen LogP contribution in [-0.4, -0.2) is 158 Å². The Morgan fingerprint density at radius 1 is 0.774 bits per heavy atom. The van der Waals surface area contributed by atoms with Crippen molar-refractivity contribution in [1.82, 2.24) is 10.6 Å². The van der Waals surface area contributed by atoms with E-state index in [4.69, 9.17) is 10.2 Å². The van der Waals surface area contributed by atoms with E-state index in [1.165, 1.54) is 27.7 Å². The van der Waals surface area contributed by atoms with Gasteiger partial charge in [-0.1, -0.05) is 27.7 Å². The number of esters is 2. The van der Waals surface area contributed by atoms with Crippen LogP contribution in [0.5, 0.6) is 0 Å². The third kappa shape index (κ3) is 13.7. The molecule has 2 amide bonds. The maximum absolute atomic E-state index is 11.7. The fraction of sp³-hybridized carbons (Fsp3) is 0.778. The topological polar surface area (TPSA) is 182 Å². The van der Waals surface area contributed by atoms with E-state index in [9.17, 15) is 29.4 Å². The maximum atomic E-state index is 11.7. The molecule has 0 rings (SSSR count). The van der Waals surface area contributed by atoms with E-state index in [0.717, 1.165) is 0 Å². The van der Waals surface area contributed by atoms with Crippen LogP contribution in [0.2, 0.25) is 0 Å². The number of nitrogens with one attached hydrogen (secondary N) is 2. The van der Waals surface area contributed by atoms with Crippen molar-refractivity contribution in [3.63, 3.8) is 0 Å². The molecule has 2 atom stereocenters. The number of aliphatic hydroxyl groups is 4. The van der Waals surface area contributed by atoms with E-state index in [2.05, 4.69) is 15.4 Å². The van der Waals surface area contributed by atoms with Crippen molar-refractivity contribution >= 4 is 99.2 Å². The summed E-state index contributed by atoms with van der Waals surface area (Å²) in [6.45, 7) is 4.79. The Morgan fingerprint density at radius 2 is 1.06 bits per heavy atom. The number of aliphatic hydroxyl groups excluding tert-OH is 4. The van der Waals surface area contributed by atoms with Crippen LogP contribution in [0.15, 0.2) is 0 Å². The van der Waals surface area contributed by atoms with Gasteiger partial charge in [0, 0.05) is 23.9 Å². The first-order chi connectivity index (χ1) is 13.3. The Balaban J connectivity index is -0.000000261. The van der Waals surface area contributed by atoms with Crippen LogP contribution in [0.1, 0.15) is 46.2 Å². The van der Waals surface area contributed by atoms with Gasteiger partial charge >= 0.3 is 87.4 Å². The quantitative estimate of drug-likeness (QED) is 0.0951. The molecule has 0 saturated carbocycles. The minimum atomic E-state index is -1.47. The molecular formula is C18H36Ca2N2O9. The molecule has 0 bridgehead atoms. The number of hydrogen-bond donors (Lipinski definition) is 6. The van der Waals surface area contributed by atoms with Gasteiger partial charge in [0.05, 0.1) is 26.1 Å². The SMILES string of the molecule is CC(C)(CO)[C@@H](O)C(=O)NCCC(=O)OC(=O)CCNC(=O)[C@H](O)C(C)(C)CO.[Ca+2].[Ca+2].[H-].[H-].[H-].[H-]. The van der Waals surface area contributed by atoms with Gasteiger partial charge in [-0.05, 0) is 0 Å². The van der Waals surface area contributed by atoms with Crippen molar-refractivity contribution in [2.24, 2.45) is 10.8 Å². The van der Waals surface area contributed by atoms with Crippen LogP contribution in [-0.2, 0) is 23.9 Å². The monoisotopic (exact) mass is 504 g/mol. The molecule has 0 radical (unpaired) electrons. The van der Waals surface area contributed by atoms with Gasteiger partial charge in [0.1, 0.15) is 12.2 Å². The van der Waals surface area contributed by atoms with Crippen molar-refractivity contribution in [1.29, 1.82) is 0 Å². The molecule has 11 nitrogen and oxygen atoms in total. The normalized spacial score (nSPS) is 13.0. The molecular weight excluding hydrogens is 468 g/mol. The summed E-state index contributed by atoms with van der Waals surface area (Å²) in [7, 11) is 0. The molecule has 0 heterocycles. The molecule has 31 heavy (non-hydrogen) atoms. The molecule has 0 unspecified atom stereocenters. The van der Waals surface area contributed by atoms with Gasteiger partial charge in [-0.15, -0.1) is 0 Å². The van der Waals surface area contributed by atoms with Crippen LogP contribution >= 0.6 is 0 Å². The molecule has 6 N–H and O–H groups in total. The van der Waals surface area contributed by atoms with Crippen molar-refractivity contribution in [2.75, 3.05) is 26.3 Å². The number of carbonyl (C=O) groups is 4. The minimum absolute atomic E-state index is 0. The third-order valence-electron chi connectivity index (χ3n) is 4.28. The molecule has 0 aromatic carbocycles. The second-order valence-corrected chi connectivity index (χ2v) is 8.03. The number of ether oxygens (including phenoxy) is 1. The first kappa shape index (κ1) is 36.0. The summed E-state index contributed by atoms with van der Waals surface area (Å²) >= 11 is 0. The van der Waals surface area contributed by atoms with Crippen LogP contribution in [0, 0.1) is 10.8 Å². The molecule has 13 heteroatoms. The zero-order valence-electron chi connectivity index (χ0n) is 22.6. The Hall–Kier alpha value is 0.439. The number of carbonyl (C=O) groups excluding carboxylic acids is 4. The smallest absolute Gasteiger partial charge is 1.00 e. The van der Waals surface area contributed by atoms with Crippen molar-refractivity contribution in [3.05, 3.63) is 0 Å². The summed E-state index contributed by atoms with van der Waals surface area (Å²) < 4.78 is 4.53. The van der Waals surface area contributed by atoms with Gasteiger partial charge in [0.2, 0.25) is 11.8 Å². The maximum Gasteiger partial charge on any atom is 2.00 e. The third-order valence-corrected chi connectivity index (χ3v) is 4.28. The van der Waals surface area contributed by atoms with E-state index in [1.807, 2.05) is 0 Å². The first-order valence-corrected chi connectivity index (χ1v) is 9.15. The van der Waals surface area contributed by atoms with Gasteiger partial charge in [-0.25, -0.2) is 0 Å². The minimum Gasteiger partial charge on any atom is -1.00 e. The van der Waals surface area contributed by atoms with Crippen LogP contribution in [0.3, 0.4) is 0 Å².